The van der Waals surface area contributed by atoms with Crippen molar-refractivity contribution in [1.29, 1.82) is 0 Å². The van der Waals surface area contributed by atoms with Gasteiger partial charge >= 0.3 is 0 Å². The van der Waals surface area contributed by atoms with Crippen molar-refractivity contribution in [2.45, 2.75) is 40.0 Å². The third-order valence-electron chi connectivity index (χ3n) is 4.67. The van der Waals surface area contributed by atoms with E-state index in [9.17, 15) is 0 Å². The standard InChI is InChI=1S/C16H24N6/c1-11-12(2)18-13(3)19-16(11)22-7-5-14(6-8-22)9-15-20-17-10-21(15)4/h10,14H,5-9H2,1-4H3. The summed E-state index contributed by atoms with van der Waals surface area (Å²) in [6.45, 7) is 8.26. The van der Waals surface area contributed by atoms with Crippen LogP contribution in [0.4, 0.5) is 5.82 Å². The summed E-state index contributed by atoms with van der Waals surface area (Å²) in [5, 5.41) is 8.17. The van der Waals surface area contributed by atoms with Crippen LogP contribution in [0.5, 0.6) is 0 Å². The van der Waals surface area contributed by atoms with Gasteiger partial charge in [-0.3, -0.25) is 0 Å². The normalized spacial score (nSPS) is 16.3. The number of rotatable bonds is 3. The number of nitrogens with zero attached hydrogens (tertiary/aromatic N) is 6. The van der Waals surface area contributed by atoms with Crippen LogP contribution in [0, 0.1) is 26.7 Å². The van der Waals surface area contributed by atoms with Crippen LogP contribution in [0.25, 0.3) is 0 Å². The average Bonchev–Trinajstić information content (AvgIpc) is 2.89. The zero-order valence-electron chi connectivity index (χ0n) is 13.9. The highest BCUT2D eigenvalue weighted by atomic mass is 15.2. The van der Waals surface area contributed by atoms with Gasteiger partial charge in [0, 0.05) is 37.8 Å². The van der Waals surface area contributed by atoms with Crippen LogP contribution in [0.2, 0.25) is 0 Å². The molecule has 1 saturated heterocycles. The van der Waals surface area contributed by atoms with E-state index in [1.807, 2.05) is 18.5 Å². The Bertz CT molecular complexity index is 655. The lowest BCUT2D eigenvalue weighted by Gasteiger charge is -2.33. The van der Waals surface area contributed by atoms with E-state index in [1.165, 1.54) is 18.4 Å². The second-order valence-corrected chi connectivity index (χ2v) is 6.30. The number of hydrogen-bond donors (Lipinski definition) is 0. The SMILES string of the molecule is Cc1nc(C)c(C)c(N2CCC(Cc3nncn3C)CC2)n1. The summed E-state index contributed by atoms with van der Waals surface area (Å²) in [7, 11) is 2.01. The number of piperidine rings is 1. The van der Waals surface area contributed by atoms with Crippen LogP contribution in [0.3, 0.4) is 0 Å². The van der Waals surface area contributed by atoms with E-state index >= 15 is 0 Å². The van der Waals surface area contributed by atoms with E-state index in [1.54, 1.807) is 6.33 Å². The average molecular weight is 300 g/mol. The minimum atomic E-state index is 0.684. The van der Waals surface area contributed by atoms with Crippen molar-refractivity contribution >= 4 is 5.82 Å². The molecule has 0 spiro atoms. The Labute approximate surface area is 131 Å². The molecule has 0 saturated carbocycles. The van der Waals surface area contributed by atoms with Crippen LogP contribution < -0.4 is 4.90 Å². The molecule has 6 nitrogen and oxygen atoms in total. The molecule has 1 fully saturated rings. The van der Waals surface area contributed by atoms with Gasteiger partial charge in [0.2, 0.25) is 0 Å². The number of anilines is 1. The van der Waals surface area contributed by atoms with E-state index in [-0.39, 0.29) is 0 Å². The summed E-state index contributed by atoms with van der Waals surface area (Å²) in [6.07, 6.45) is 5.15. The first-order valence-electron chi connectivity index (χ1n) is 7.94. The Morgan fingerprint density at radius 1 is 1.14 bits per heavy atom. The van der Waals surface area contributed by atoms with Crippen molar-refractivity contribution in [2.24, 2.45) is 13.0 Å². The molecule has 3 heterocycles. The molecule has 1 aliphatic heterocycles. The van der Waals surface area contributed by atoms with Crippen LogP contribution in [0.1, 0.15) is 35.7 Å². The Balaban J connectivity index is 1.66. The quantitative estimate of drug-likeness (QED) is 0.867. The van der Waals surface area contributed by atoms with Gasteiger partial charge in [0.1, 0.15) is 23.8 Å². The summed E-state index contributed by atoms with van der Waals surface area (Å²) in [6, 6.07) is 0. The predicted molar refractivity (Wildman–Crippen MR) is 85.9 cm³/mol. The summed E-state index contributed by atoms with van der Waals surface area (Å²) in [5.74, 6) is 3.74. The molecular weight excluding hydrogens is 276 g/mol. The second kappa shape index (κ2) is 6.02. The molecule has 0 aliphatic carbocycles. The third-order valence-corrected chi connectivity index (χ3v) is 4.67. The Morgan fingerprint density at radius 3 is 2.50 bits per heavy atom. The molecule has 0 bridgehead atoms. The van der Waals surface area contributed by atoms with Gasteiger partial charge < -0.3 is 9.47 Å². The number of hydrogen-bond acceptors (Lipinski definition) is 5. The summed E-state index contributed by atoms with van der Waals surface area (Å²) >= 11 is 0. The first-order valence-corrected chi connectivity index (χ1v) is 7.94. The van der Waals surface area contributed by atoms with Crippen molar-refractivity contribution in [3.63, 3.8) is 0 Å². The molecule has 2 aromatic rings. The minimum absolute atomic E-state index is 0.684. The number of aryl methyl sites for hydroxylation is 3. The lowest BCUT2D eigenvalue weighted by Crippen LogP contribution is -2.36. The van der Waals surface area contributed by atoms with E-state index < -0.39 is 0 Å². The Kier molecular flexibility index (Phi) is 4.09. The van der Waals surface area contributed by atoms with Crippen LogP contribution in [-0.4, -0.2) is 37.8 Å². The van der Waals surface area contributed by atoms with Crippen LogP contribution in [-0.2, 0) is 13.5 Å². The van der Waals surface area contributed by atoms with Crippen molar-refractivity contribution < 1.29 is 0 Å². The van der Waals surface area contributed by atoms with E-state index in [4.69, 9.17) is 0 Å². The van der Waals surface area contributed by atoms with Crippen molar-refractivity contribution in [3.8, 4) is 0 Å². The summed E-state index contributed by atoms with van der Waals surface area (Å²) < 4.78 is 2.02. The van der Waals surface area contributed by atoms with Gasteiger partial charge in [-0.2, -0.15) is 0 Å². The highest BCUT2D eigenvalue weighted by molar-refractivity contribution is 5.48. The van der Waals surface area contributed by atoms with Gasteiger partial charge in [0.15, 0.2) is 0 Å². The third kappa shape index (κ3) is 2.96. The van der Waals surface area contributed by atoms with Gasteiger partial charge in [-0.15, -0.1) is 10.2 Å². The van der Waals surface area contributed by atoms with Gasteiger partial charge in [0.25, 0.3) is 0 Å². The molecular formula is C16H24N6. The van der Waals surface area contributed by atoms with Gasteiger partial charge in [0.05, 0.1) is 0 Å². The van der Waals surface area contributed by atoms with Gasteiger partial charge in [-0.05, 0) is 39.5 Å². The van der Waals surface area contributed by atoms with E-state index in [0.29, 0.717) is 5.92 Å². The highest BCUT2D eigenvalue weighted by Crippen LogP contribution is 2.27. The zero-order valence-corrected chi connectivity index (χ0v) is 13.9. The molecule has 0 atom stereocenters. The number of aromatic nitrogens is 5. The molecule has 3 rings (SSSR count). The van der Waals surface area contributed by atoms with Crippen LogP contribution >= 0.6 is 0 Å². The van der Waals surface area contributed by atoms with Gasteiger partial charge in [-0.1, -0.05) is 0 Å². The fraction of sp³-hybridized carbons (Fsp3) is 0.625. The molecule has 0 radical (unpaired) electrons. The first kappa shape index (κ1) is 14.9. The van der Waals surface area contributed by atoms with E-state index in [0.717, 1.165) is 42.7 Å². The molecule has 0 amide bonds. The molecule has 0 N–H and O–H groups in total. The topological polar surface area (TPSA) is 59.7 Å². The Hall–Kier alpha value is -1.98. The largest absolute Gasteiger partial charge is 0.356 e. The minimum Gasteiger partial charge on any atom is -0.356 e. The summed E-state index contributed by atoms with van der Waals surface area (Å²) in [5.41, 5.74) is 2.29. The molecule has 6 heteroatoms. The predicted octanol–water partition coefficient (Wildman–Crippen LogP) is 1.99. The molecule has 0 aromatic carbocycles. The maximum Gasteiger partial charge on any atom is 0.135 e. The molecule has 1 aliphatic rings. The van der Waals surface area contributed by atoms with E-state index in [2.05, 4.69) is 38.9 Å². The van der Waals surface area contributed by atoms with Crippen molar-refractivity contribution in [3.05, 3.63) is 29.2 Å². The fourth-order valence-electron chi connectivity index (χ4n) is 3.16. The lowest BCUT2D eigenvalue weighted by atomic mass is 9.93. The first-order chi connectivity index (χ1) is 10.5. The maximum absolute atomic E-state index is 4.66. The highest BCUT2D eigenvalue weighted by Gasteiger charge is 2.23. The van der Waals surface area contributed by atoms with Crippen molar-refractivity contribution in [2.75, 3.05) is 18.0 Å². The smallest absolute Gasteiger partial charge is 0.135 e. The van der Waals surface area contributed by atoms with Crippen LogP contribution in [0.15, 0.2) is 6.33 Å². The second-order valence-electron chi connectivity index (χ2n) is 6.30. The molecule has 118 valence electrons. The summed E-state index contributed by atoms with van der Waals surface area (Å²) in [4.78, 5) is 11.5. The lowest BCUT2D eigenvalue weighted by molar-refractivity contribution is 0.391. The molecule has 0 unspecified atom stereocenters. The van der Waals surface area contributed by atoms with Gasteiger partial charge in [-0.25, -0.2) is 9.97 Å². The van der Waals surface area contributed by atoms with Crippen molar-refractivity contribution in [1.82, 2.24) is 24.7 Å². The maximum atomic E-state index is 4.66. The monoisotopic (exact) mass is 300 g/mol. The molecule has 22 heavy (non-hydrogen) atoms. The fourth-order valence-corrected chi connectivity index (χ4v) is 3.16. The zero-order chi connectivity index (χ0) is 15.7. The Morgan fingerprint density at radius 2 is 1.86 bits per heavy atom. The molecule has 2 aromatic heterocycles.